The molecule has 0 spiro atoms. The van der Waals surface area contributed by atoms with Gasteiger partial charge >= 0.3 is 9.28 Å². The summed E-state index contributed by atoms with van der Waals surface area (Å²) in [5, 5.41) is 0. The van der Waals surface area contributed by atoms with Gasteiger partial charge in [0.2, 0.25) is 0 Å². The van der Waals surface area contributed by atoms with Gasteiger partial charge in [0.1, 0.15) is 0 Å². The van der Waals surface area contributed by atoms with Crippen LogP contribution in [0.2, 0.25) is 6.04 Å². The highest BCUT2D eigenvalue weighted by Gasteiger charge is 2.07. The lowest BCUT2D eigenvalue weighted by Gasteiger charge is -2.10. The molecule has 0 aliphatic carbocycles. The van der Waals surface area contributed by atoms with Crippen LogP contribution in [-0.2, 0) is 8.85 Å². The van der Waals surface area contributed by atoms with Crippen LogP contribution in [0.25, 0.3) is 0 Å². The Balaban J connectivity index is 3.02. The summed E-state index contributed by atoms with van der Waals surface area (Å²) in [6.45, 7) is 2.28. The maximum Gasteiger partial charge on any atom is 0.320 e. The van der Waals surface area contributed by atoms with E-state index < -0.39 is 9.28 Å². The molecule has 0 aromatic heterocycles. The van der Waals surface area contributed by atoms with Crippen LogP contribution in [0.4, 0.5) is 0 Å². The summed E-state index contributed by atoms with van der Waals surface area (Å²) in [5.74, 6) is 0. The van der Waals surface area contributed by atoms with Crippen LogP contribution in [0.5, 0.6) is 0 Å². The lowest BCUT2D eigenvalue weighted by Crippen LogP contribution is -2.18. The van der Waals surface area contributed by atoms with E-state index in [9.17, 15) is 0 Å². The molecule has 0 amide bonds. The first-order chi connectivity index (χ1) is 9.85. The fraction of sp³-hybridized carbons (Fsp3) is 1.00. The van der Waals surface area contributed by atoms with Gasteiger partial charge in [-0.3, -0.25) is 0 Å². The van der Waals surface area contributed by atoms with E-state index in [4.69, 9.17) is 8.85 Å². The Morgan fingerprint density at radius 3 is 1.25 bits per heavy atom. The average Bonchev–Trinajstić information content (AvgIpc) is 2.48. The molecule has 3 heteroatoms. The molecule has 0 fully saturated rings. The molecule has 0 N–H and O–H groups in total. The van der Waals surface area contributed by atoms with E-state index in [1.54, 1.807) is 14.2 Å². The second-order valence-corrected chi connectivity index (χ2v) is 8.31. The topological polar surface area (TPSA) is 18.5 Å². The highest BCUT2D eigenvalue weighted by molar-refractivity contribution is 6.44. The second-order valence-electron chi connectivity index (χ2n) is 5.93. The van der Waals surface area contributed by atoms with E-state index in [-0.39, 0.29) is 0 Å². The van der Waals surface area contributed by atoms with Crippen molar-refractivity contribution < 1.29 is 8.85 Å². The number of hydrogen-bond acceptors (Lipinski definition) is 2. The molecule has 0 bridgehead atoms. The first kappa shape index (κ1) is 20.1. The quantitative estimate of drug-likeness (QED) is 0.273. The molecule has 0 saturated heterocycles. The Labute approximate surface area is 129 Å². The summed E-state index contributed by atoms with van der Waals surface area (Å²) in [7, 11) is 2.28. The van der Waals surface area contributed by atoms with Crippen molar-refractivity contribution in [3.05, 3.63) is 0 Å². The van der Waals surface area contributed by atoms with Crippen molar-refractivity contribution in [2.45, 2.75) is 96.4 Å². The third-order valence-corrected chi connectivity index (χ3v) is 6.00. The van der Waals surface area contributed by atoms with Crippen molar-refractivity contribution in [3.8, 4) is 0 Å². The molecule has 0 atom stereocenters. The van der Waals surface area contributed by atoms with Gasteiger partial charge < -0.3 is 8.85 Å². The summed E-state index contributed by atoms with van der Waals surface area (Å²) < 4.78 is 10.6. The van der Waals surface area contributed by atoms with Crippen LogP contribution in [0.1, 0.15) is 90.4 Å². The predicted octanol–water partition coefficient (Wildman–Crippen LogP) is 5.59. The minimum Gasteiger partial charge on any atom is -0.400 e. The van der Waals surface area contributed by atoms with Gasteiger partial charge in [0, 0.05) is 14.2 Å². The van der Waals surface area contributed by atoms with E-state index in [1.165, 1.54) is 89.5 Å². The summed E-state index contributed by atoms with van der Waals surface area (Å²) in [6.07, 6.45) is 18.4. The van der Waals surface area contributed by atoms with Gasteiger partial charge in [-0.1, -0.05) is 90.4 Å². The van der Waals surface area contributed by atoms with Gasteiger partial charge in [-0.15, -0.1) is 0 Å². The smallest absolute Gasteiger partial charge is 0.320 e. The van der Waals surface area contributed by atoms with Crippen molar-refractivity contribution in [2.75, 3.05) is 14.2 Å². The highest BCUT2D eigenvalue weighted by atomic mass is 28.3. The molecule has 0 aliphatic rings. The highest BCUT2D eigenvalue weighted by Crippen LogP contribution is 2.13. The first-order valence-corrected chi connectivity index (χ1v) is 10.7. The molecular formula is C17H38O2Si. The number of unbranched alkanes of at least 4 members (excludes halogenated alkanes) is 12. The third kappa shape index (κ3) is 14.5. The van der Waals surface area contributed by atoms with Gasteiger partial charge in [-0.25, -0.2) is 0 Å². The molecule has 0 saturated carbocycles. The van der Waals surface area contributed by atoms with Crippen LogP contribution >= 0.6 is 0 Å². The van der Waals surface area contributed by atoms with Crippen molar-refractivity contribution in [1.82, 2.24) is 0 Å². The molecule has 0 rings (SSSR count). The summed E-state index contributed by atoms with van der Waals surface area (Å²) in [4.78, 5) is 0. The molecule has 0 heterocycles. The van der Waals surface area contributed by atoms with Crippen molar-refractivity contribution >= 4 is 9.28 Å². The first-order valence-electron chi connectivity index (χ1n) is 8.90. The fourth-order valence-corrected chi connectivity index (χ4v) is 3.95. The Hall–Kier alpha value is 0.137. The van der Waals surface area contributed by atoms with Crippen LogP contribution in [0.15, 0.2) is 0 Å². The lowest BCUT2D eigenvalue weighted by molar-refractivity contribution is 0.276. The average molecular weight is 303 g/mol. The number of rotatable bonds is 16. The van der Waals surface area contributed by atoms with E-state index in [1.807, 2.05) is 0 Å². The monoisotopic (exact) mass is 302 g/mol. The van der Waals surface area contributed by atoms with Gasteiger partial charge in [-0.2, -0.15) is 0 Å². The normalized spacial score (nSPS) is 11.4. The standard InChI is InChI=1S/C17H38O2Si/c1-4-5-6-7-8-9-10-11-12-13-14-15-16-17-20(18-2)19-3/h20H,4-17H2,1-3H3. The zero-order valence-corrected chi connectivity index (χ0v) is 15.4. The Morgan fingerprint density at radius 2 is 0.900 bits per heavy atom. The zero-order chi connectivity index (χ0) is 14.9. The van der Waals surface area contributed by atoms with E-state index in [0.717, 1.165) is 0 Å². The lowest BCUT2D eigenvalue weighted by atomic mass is 10.1. The van der Waals surface area contributed by atoms with E-state index in [2.05, 4.69) is 6.92 Å². The Kier molecular flexibility index (Phi) is 17.3. The molecule has 122 valence electrons. The molecule has 2 nitrogen and oxygen atoms in total. The fourth-order valence-electron chi connectivity index (χ4n) is 2.66. The summed E-state index contributed by atoms with van der Waals surface area (Å²) in [6, 6.07) is 1.17. The van der Waals surface area contributed by atoms with Gasteiger partial charge in [-0.05, 0) is 6.04 Å². The van der Waals surface area contributed by atoms with Crippen LogP contribution in [0.3, 0.4) is 0 Å². The summed E-state index contributed by atoms with van der Waals surface area (Å²) >= 11 is 0. The molecule has 0 aromatic rings. The van der Waals surface area contributed by atoms with Crippen molar-refractivity contribution in [3.63, 3.8) is 0 Å². The summed E-state index contributed by atoms with van der Waals surface area (Å²) in [5.41, 5.74) is 0. The predicted molar refractivity (Wildman–Crippen MR) is 91.7 cm³/mol. The van der Waals surface area contributed by atoms with Crippen LogP contribution in [0, 0.1) is 0 Å². The molecular weight excluding hydrogens is 264 g/mol. The minimum atomic E-state index is -1.28. The largest absolute Gasteiger partial charge is 0.400 e. The van der Waals surface area contributed by atoms with Gasteiger partial charge in [0.05, 0.1) is 0 Å². The SMILES string of the molecule is CCCCCCCCCCCCCCC[SiH](OC)OC. The zero-order valence-electron chi connectivity index (χ0n) is 14.3. The van der Waals surface area contributed by atoms with Gasteiger partial charge in [0.25, 0.3) is 0 Å². The van der Waals surface area contributed by atoms with Crippen molar-refractivity contribution in [2.24, 2.45) is 0 Å². The third-order valence-electron chi connectivity index (χ3n) is 4.07. The van der Waals surface area contributed by atoms with Crippen molar-refractivity contribution in [1.29, 1.82) is 0 Å². The minimum absolute atomic E-state index is 1.17. The maximum atomic E-state index is 5.32. The Morgan fingerprint density at radius 1 is 0.550 bits per heavy atom. The molecule has 20 heavy (non-hydrogen) atoms. The van der Waals surface area contributed by atoms with Crippen LogP contribution < -0.4 is 0 Å². The second kappa shape index (κ2) is 17.2. The molecule has 0 radical (unpaired) electrons. The molecule has 0 aromatic carbocycles. The van der Waals surface area contributed by atoms with Gasteiger partial charge in [0.15, 0.2) is 0 Å². The molecule has 0 unspecified atom stereocenters. The van der Waals surface area contributed by atoms with Crippen LogP contribution in [-0.4, -0.2) is 23.5 Å². The van der Waals surface area contributed by atoms with E-state index in [0.29, 0.717) is 0 Å². The molecule has 0 aliphatic heterocycles. The number of hydrogen-bond donors (Lipinski definition) is 0. The van der Waals surface area contributed by atoms with E-state index >= 15 is 0 Å². The maximum absolute atomic E-state index is 5.32. The Bertz CT molecular complexity index is 172.